The SMILES string of the molecule is Cc1ccc(-c2ccc3ccc4c(-c5ccc(-n6c7ccccc7c7ccc(N(c8ccccc8)c8ccccc8)cc76)cc5)ccc5ccc2c3c54)cc1. The molecule has 55 heavy (non-hydrogen) atoms. The first kappa shape index (κ1) is 31.4. The highest BCUT2D eigenvalue weighted by molar-refractivity contribution is 6.27. The molecule has 0 fully saturated rings. The van der Waals surface area contributed by atoms with Gasteiger partial charge in [-0.1, -0.05) is 151 Å². The zero-order valence-corrected chi connectivity index (χ0v) is 30.4. The molecule has 0 atom stereocenters. The fourth-order valence-electron chi connectivity index (χ4n) is 8.81. The van der Waals surface area contributed by atoms with Gasteiger partial charge in [0, 0.05) is 33.5 Å². The molecule has 0 saturated carbocycles. The van der Waals surface area contributed by atoms with E-state index in [0.717, 1.165) is 22.7 Å². The molecule has 0 spiro atoms. The maximum Gasteiger partial charge on any atom is 0.0561 e. The topological polar surface area (TPSA) is 8.17 Å². The van der Waals surface area contributed by atoms with Crippen LogP contribution in [0.3, 0.4) is 0 Å². The summed E-state index contributed by atoms with van der Waals surface area (Å²) in [6, 6.07) is 73.3. The second-order valence-electron chi connectivity index (χ2n) is 14.6. The fourth-order valence-corrected chi connectivity index (χ4v) is 8.81. The van der Waals surface area contributed by atoms with Gasteiger partial charge < -0.3 is 9.47 Å². The Morgan fingerprint density at radius 3 is 1.45 bits per heavy atom. The number of benzene rings is 10. The monoisotopic (exact) mass is 700 g/mol. The van der Waals surface area contributed by atoms with Crippen LogP contribution in [-0.4, -0.2) is 4.57 Å². The van der Waals surface area contributed by atoms with E-state index in [1.807, 2.05) is 0 Å². The second kappa shape index (κ2) is 12.5. The molecule has 2 nitrogen and oxygen atoms in total. The zero-order valence-electron chi connectivity index (χ0n) is 30.4. The molecule has 11 rings (SSSR count). The number of fused-ring (bicyclic) bond motifs is 3. The maximum absolute atomic E-state index is 2.42. The van der Waals surface area contributed by atoms with Crippen LogP contribution in [0.25, 0.3) is 82.1 Å². The lowest BCUT2D eigenvalue weighted by molar-refractivity contribution is 1.18. The highest BCUT2D eigenvalue weighted by Crippen LogP contribution is 2.43. The van der Waals surface area contributed by atoms with E-state index in [0.29, 0.717) is 0 Å². The molecule has 0 radical (unpaired) electrons. The molecule has 0 bridgehead atoms. The van der Waals surface area contributed by atoms with Gasteiger partial charge in [0.1, 0.15) is 0 Å². The van der Waals surface area contributed by atoms with Gasteiger partial charge in [0.2, 0.25) is 0 Å². The average molecular weight is 701 g/mol. The van der Waals surface area contributed by atoms with Gasteiger partial charge >= 0.3 is 0 Å². The van der Waals surface area contributed by atoms with E-state index in [1.54, 1.807) is 0 Å². The number of aromatic nitrogens is 1. The second-order valence-corrected chi connectivity index (χ2v) is 14.6. The van der Waals surface area contributed by atoms with Gasteiger partial charge in [0.25, 0.3) is 0 Å². The fraction of sp³-hybridized carbons (Fsp3) is 0.0189. The third-order valence-electron chi connectivity index (χ3n) is 11.4. The van der Waals surface area contributed by atoms with Gasteiger partial charge in [-0.05, 0) is 116 Å². The molecule has 2 heteroatoms. The van der Waals surface area contributed by atoms with Crippen molar-refractivity contribution in [1.82, 2.24) is 4.57 Å². The van der Waals surface area contributed by atoms with E-state index in [2.05, 4.69) is 217 Å². The predicted molar refractivity (Wildman–Crippen MR) is 235 cm³/mol. The summed E-state index contributed by atoms with van der Waals surface area (Å²) in [5.41, 5.74) is 13.1. The number of hydrogen-bond donors (Lipinski definition) is 0. The van der Waals surface area contributed by atoms with Crippen LogP contribution < -0.4 is 4.90 Å². The lowest BCUT2D eigenvalue weighted by atomic mass is 9.87. The van der Waals surface area contributed by atoms with Crippen LogP contribution >= 0.6 is 0 Å². The molecule has 0 amide bonds. The minimum absolute atomic E-state index is 1.12. The van der Waals surface area contributed by atoms with E-state index < -0.39 is 0 Å². The first-order valence-electron chi connectivity index (χ1n) is 19.0. The van der Waals surface area contributed by atoms with Crippen LogP contribution in [0.15, 0.2) is 200 Å². The van der Waals surface area contributed by atoms with Gasteiger partial charge in [0.05, 0.1) is 11.0 Å². The van der Waals surface area contributed by atoms with Crippen LogP contribution in [0.5, 0.6) is 0 Å². The Morgan fingerprint density at radius 2 is 0.855 bits per heavy atom. The van der Waals surface area contributed by atoms with Crippen molar-refractivity contribution in [3.8, 4) is 27.9 Å². The predicted octanol–water partition coefficient (Wildman–Crippen LogP) is 14.8. The standard InChI is InChI=1S/C53H36N2/c1-35-16-18-36(19-17-35)44-29-22-38-25-32-49-45(30-23-39-24-31-48(44)52(38)53(39)49)37-20-26-42(27-21-37)55-50-15-9-8-14-46(50)47-33-28-43(34-51(47)55)54(40-10-4-2-5-11-40)41-12-6-3-7-13-41/h2-34H,1H3. The molecule has 0 N–H and O–H groups in total. The lowest BCUT2D eigenvalue weighted by Gasteiger charge is -2.25. The van der Waals surface area contributed by atoms with Crippen molar-refractivity contribution in [2.24, 2.45) is 0 Å². The largest absolute Gasteiger partial charge is 0.310 e. The summed E-state index contributed by atoms with van der Waals surface area (Å²) in [7, 11) is 0. The molecule has 11 aromatic rings. The van der Waals surface area contributed by atoms with E-state index in [1.165, 1.54) is 81.9 Å². The molecule has 258 valence electrons. The number of rotatable bonds is 6. The summed E-state index contributed by atoms with van der Waals surface area (Å²) in [5.74, 6) is 0. The number of aryl methyl sites for hydroxylation is 1. The van der Waals surface area contributed by atoms with E-state index in [9.17, 15) is 0 Å². The Labute approximate surface area is 320 Å². The van der Waals surface area contributed by atoms with Crippen molar-refractivity contribution in [2.45, 2.75) is 6.92 Å². The highest BCUT2D eigenvalue weighted by atomic mass is 15.1. The van der Waals surface area contributed by atoms with Crippen molar-refractivity contribution in [3.63, 3.8) is 0 Å². The minimum atomic E-state index is 1.12. The molecule has 0 saturated heterocycles. The van der Waals surface area contributed by atoms with E-state index in [-0.39, 0.29) is 0 Å². The molecular formula is C53H36N2. The van der Waals surface area contributed by atoms with Crippen molar-refractivity contribution >= 4 is 71.2 Å². The molecule has 0 aliphatic rings. The lowest BCUT2D eigenvalue weighted by Crippen LogP contribution is -2.09. The van der Waals surface area contributed by atoms with E-state index in [4.69, 9.17) is 0 Å². The van der Waals surface area contributed by atoms with Crippen LogP contribution in [-0.2, 0) is 0 Å². The van der Waals surface area contributed by atoms with Crippen molar-refractivity contribution < 1.29 is 0 Å². The summed E-state index contributed by atoms with van der Waals surface area (Å²) in [5, 5.41) is 10.3. The quantitative estimate of drug-likeness (QED) is 0.157. The smallest absolute Gasteiger partial charge is 0.0561 e. The summed E-state index contributed by atoms with van der Waals surface area (Å²) >= 11 is 0. The van der Waals surface area contributed by atoms with Crippen molar-refractivity contribution in [1.29, 1.82) is 0 Å². The molecule has 0 unspecified atom stereocenters. The summed E-state index contributed by atoms with van der Waals surface area (Å²) in [4.78, 5) is 2.34. The Kier molecular flexibility index (Phi) is 7.11. The van der Waals surface area contributed by atoms with Crippen molar-refractivity contribution in [2.75, 3.05) is 4.90 Å². The van der Waals surface area contributed by atoms with Gasteiger partial charge in [-0.2, -0.15) is 0 Å². The van der Waals surface area contributed by atoms with Crippen LogP contribution in [0.4, 0.5) is 17.1 Å². The average Bonchev–Trinajstić information content (AvgIpc) is 3.57. The Balaban J connectivity index is 1.06. The maximum atomic E-state index is 2.42. The molecule has 0 aliphatic heterocycles. The van der Waals surface area contributed by atoms with Crippen LogP contribution in [0.2, 0.25) is 0 Å². The third-order valence-corrected chi connectivity index (χ3v) is 11.4. The van der Waals surface area contributed by atoms with E-state index >= 15 is 0 Å². The van der Waals surface area contributed by atoms with Crippen LogP contribution in [0, 0.1) is 6.92 Å². The summed E-state index contributed by atoms with van der Waals surface area (Å²) in [6.45, 7) is 2.15. The molecule has 1 heterocycles. The van der Waals surface area contributed by atoms with Gasteiger partial charge in [-0.25, -0.2) is 0 Å². The first-order valence-corrected chi connectivity index (χ1v) is 19.0. The summed E-state index contributed by atoms with van der Waals surface area (Å²) < 4.78 is 2.42. The number of hydrogen-bond acceptors (Lipinski definition) is 1. The molecule has 0 aliphatic carbocycles. The number of para-hydroxylation sites is 3. The third kappa shape index (κ3) is 5.03. The normalized spacial score (nSPS) is 11.7. The number of nitrogens with zero attached hydrogens (tertiary/aromatic N) is 2. The van der Waals surface area contributed by atoms with Crippen LogP contribution in [0.1, 0.15) is 5.56 Å². The zero-order chi connectivity index (χ0) is 36.5. The molecule has 10 aromatic carbocycles. The number of anilines is 3. The minimum Gasteiger partial charge on any atom is -0.310 e. The first-order chi connectivity index (χ1) is 27.2. The van der Waals surface area contributed by atoms with Gasteiger partial charge in [0.15, 0.2) is 0 Å². The Bertz CT molecular complexity index is 3140. The Morgan fingerprint density at radius 1 is 0.364 bits per heavy atom. The molecular weight excluding hydrogens is 665 g/mol. The van der Waals surface area contributed by atoms with Crippen molar-refractivity contribution in [3.05, 3.63) is 206 Å². The Hall–Kier alpha value is -7.16. The van der Waals surface area contributed by atoms with Gasteiger partial charge in [-0.3, -0.25) is 0 Å². The van der Waals surface area contributed by atoms with Gasteiger partial charge in [-0.15, -0.1) is 0 Å². The molecule has 1 aromatic heterocycles. The highest BCUT2D eigenvalue weighted by Gasteiger charge is 2.19. The summed E-state index contributed by atoms with van der Waals surface area (Å²) in [6.07, 6.45) is 0.